The van der Waals surface area contributed by atoms with Gasteiger partial charge in [0.25, 0.3) is 11.8 Å². The molecule has 6 nitrogen and oxygen atoms in total. The SMILES string of the molecule is C[C@H]1CO[C@@H](C(C)(C)C)N1C(=O)c1ccccc1I.C[C@H]1CO[C@@H](C(C)(C)C)N1C(=O)c1ccccc1I. The number of benzene rings is 2. The molecule has 0 spiro atoms. The Bertz CT molecular complexity index is 1050. The monoisotopic (exact) mass is 746 g/mol. The number of rotatable bonds is 2. The normalized spacial score (nSPS) is 23.7. The molecule has 2 aromatic carbocycles. The highest BCUT2D eigenvalue weighted by molar-refractivity contribution is 14.1. The van der Waals surface area contributed by atoms with Crippen LogP contribution in [0.3, 0.4) is 0 Å². The standard InChI is InChI=1S/2C15H20INO2/c2*1-10-9-19-14(15(2,3)4)17(10)13(18)11-7-5-6-8-12(11)16/h2*5-8,10,14H,9H2,1-4H3/t2*10-,14-/m00/s1. The van der Waals surface area contributed by atoms with E-state index >= 15 is 0 Å². The topological polar surface area (TPSA) is 59.1 Å². The van der Waals surface area contributed by atoms with E-state index in [4.69, 9.17) is 9.47 Å². The van der Waals surface area contributed by atoms with E-state index in [0.29, 0.717) is 13.2 Å². The zero-order valence-electron chi connectivity index (χ0n) is 23.6. The molecule has 2 aromatic rings. The molecule has 4 atom stereocenters. The molecule has 2 fully saturated rings. The van der Waals surface area contributed by atoms with Gasteiger partial charge in [-0.1, -0.05) is 65.8 Å². The van der Waals surface area contributed by atoms with Gasteiger partial charge in [0, 0.05) is 18.0 Å². The molecule has 0 aliphatic carbocycles. The van der Waals surface area contributed by atoms with Crippen LogP contribution in [0, 0.1) is 18.0 Å². The second kappa shape index (κ2) is 12.5. The molecule has 8 heteroatoms. The summed E-state index contributed by atoms with van der Waals surface area (Å²) < 4.78 is 13.6. The van der Waals surface area contributed by atoms with Gasteiger partial charge in [0.1, 0.15) is 12.5 Å². The Morgan fingerprint density at radius 2 is 1.00 bits per heavy atom. The third-order valence-corrected chi connectivity index (χ3v) is 8.49. The van der Waals surface area contributed by atoms with Crippen molar-refractivity contribution in [3.8, 4) is 0 Å². The largest absolute Gasteiger partial charge is 0.356 e. The van der Waals surface area contributed by atoms with Gasteiger partial charge >= 0.3 is 0 Å². The molecule has 0 unspecified atom stereocenters. The number of amides is 2. The van der Waals surface area contributed by atoms with Crippen LogP contribution in [0.25, 0.3) is 0 Å². The maximum atomic E-state index is 12.8. The van der Waals surface area contributed by atoms with E-state index in [1.54, 1.807) is 0 Å². The van der Waals surface area contributed by atoms with E-state index < -0.39 is 0 Å². The Kier molecular flexibility index (Phi) is 10.3. The highest BCUT2D eigenvalue weighted by Gasteiger charge is 2.43. The van der Waals surface area contributed by atoms with Crippen LogP contribution in [0.15, 0.2) is 48.5 Å². The zero-order valence-corrected chi connectivity index (χ0v) is 27.9. The van der Waals surface area contributed by atoms with Crippen molar-refractivity contribution < 1.29 is 19.1 Å². The molecule has 0 saturated carbocycles. The van der Waals surface area contributed by atoms with Crippen molar-refractivity contribution in [3.63, 3.8) is 0 Å². The molecule has 2 aliphatic rings. The van der Waals surface area contributed by atoms with Gasteiger partial charge in [-0.05, 0) is 83.3 Å². The zero-order chi connectivity index (χ0) is 28.4. The van der Waals surface area contributed by atoms with Gasteiger partial charge in [-0.2, -0.15) is 0 Å². The molecule has 2 amide bonds. The van der Waals surface area contributed by atoms with Crippen molar-refractivity contribution in [3.05, 3.63) is 66.8 Å². The van der Waals surface area contributed by atoms with E-state index in [1.807, 2.05) is 72.2 Å². The number of carbonyl (C=O) groups excluding carboxylic acids is 2. The summed E-state index contributed by atoms with van der Waals surface area (Å²) in [5.41, 5.74) is 1.35. The number of carbonyl (C=O) groups is 2. The summed E-state index contributed by atoms with van der Waals surface area (Å²) in [5.74, 6) is 0.129. The van der Waals surface area contributed by atoms with E-state index in [0.717, 1.165) is 18.3 Å². The predicted octanol–water partition coefficient (Wildman–Crippen LogP) is 7.05. The highest BCUT2D eigenvalue weighted by Crippen LogP contribution is 2.34. The number of nitrogens with zero attached hydrogens (tertiary/aromatic N) is 2. The van der Waals surface area contributed by atoms with Crippen molar-refractivity contribution >= 4 is 57.0 Å². The Balaban J connectivity index is 0.000000211. The third kappa shape index (κ3) is 7.09. The van der Waals surface area contributed by atoms with Crippen LogP contribution in [0.1, 0.15) is 76.1 Å². The van der Waals surface area contributed by atoms with E-state index in [2.05, 4.69) is 86.7 Å². The van der Waals surface area contributed by atoms with E-state index in [1.165, 1.54) is 0 Å². The van der Waals surface area contributed by atoms with Gasteiger partial charge < -0.3 is 19.3 Å². The molecule has 0 N–H and O–H groups in total. The Labute approximate surface area is 255 Å². The highest BCUT2D eigenvalue weighted by atomic mass is 127. The molecule has 38 heavy (non-hydrogen) atoms. The van der Waals surface area contributed by atoms with E-state index in [9.17, 15) is 9.59 Å². The molecule has 0 bridgehead atoms. The average molecular weight is 746 g/mol. The smallest absolute Gasteiger partial charge is 0.257 e. The molecule has 208 valence electrons. The van der Waals surface area contributed by atoms with Gasteiger partial charge in [-0.25, -0.2) is 0 Å². The van der Waals surface area contributed by atoms with Gasteiger partial charge in [0.2, 0.25) is 0 Å². The quantitative estimate of drug-likeness (QED) is 0.310. The molecule has 2 heterocycles. The van der Waals surface area contributed by atoms with Gasteiger partial charge in [-0.3, -0.25) is 9.59 Å². The summed E-state index contributed by atoms with van der Waals surface area (Å²) in [6, 6.07) is 15.6. The maximum absolute atomic E-state index is 12.8. The van der Waals surface area contributed by atoms with Gasteiger partial charge in [-0.15, -0.1) is 0 Å². The average Bonchev–Trinajstić information content (AvgIpc) is 3.42. The molecule has 0 radical (unpaired) electrons. The lowest BCUT2D eigenvalue weighted by molar-refractivity contribution is -0.0376. The Morgan fingerprint density at radius 1 is 0.684 bits per heavy atom. The first-order valence-corrected chi connectivity index (χ1v) is 15.2. The first kappa shape index (κ1) is 31.3. The Hall–Kier alpha value is -1.24. The van der Waals surface area contributed by atoms with Crippen LogP contribution < -0.4 is 0 Å². The first-order valence-electron chi connectivity index (χ1n) is 13.0. The molecule has 2 aliphatic heterocycles. The minimum Gasteiger partial charge on any atom is -0.356 e. The summed E-state index contributed by atoms with van der Waals surface area (Å²) in [6.45, 7) is 17.9. The van der Waals surface area contributed by atoms with Crippen LogP contribution >= 0.6 is 45.2 Å². The third-order valence-electron chi connectivity index (χ3n) is 6.60. The number of halogens is 2. The van der Waals surface area contributed by atoms with Crippen LogP contribution in [-0.2, 0) is 9.47 Å². The lowest BCUT2D eigenvalue weighted by Gasteiger charge is -2.35. The number of hydrogen-bond donors (Lipinski definition) is 0. The lowest BCUT2D eigenvalue weighted by Crippen LogP contribution is -2.47. The maximum Gasteiger partial charge on any atom is 0.257 e. The van der Waals surface area contributed by atoms with E-state index in [-0.39, 0.29) is 47.2 Å². The van der Waals surface area contributed by atoms with Crippen LogP contribution in [0.2, 0.25) is 0 Å². The van der Waals surface area contributed by atoms with Crippen LogP contribution in [0.5, 0.6) is 0 Å². The molecule has 0 aromatic heterocycles. The van der Waals surface area contributed by atoms with Crippen molar-refractivity contribution in [2.75, 3.05) is 13.2 Å². The molecular weight excluding hydrogens is 706 g/mol. The van der Waals surface area contributed by atoms with Crippen LogP contribution in [0.4, 0.5) is 0 Å². The Morgan fingerprint density at radius 3 is 1.29 bits per heavy atom. The molecular formula is C30H40I2N2O4. The number of hydrogen-bond acceptors (Lipinski definition) is 4. The fourth-order valence-electron chi connectivity index (χ4n) is 4.74. The number of ether oxygens (including phenoxy) is 2. The molecule has 2 saturated heterocycles. The fourth-order valence-corrected chi connectivity index (χ4v) is 5.98. The summed E-state index contributed by atoms with van der Waals surface area (Å²) in [5, 5.41) is 0. The van der Waals surface area contributed by atoms with Crippen molar-refractivity contribution in [2.45, 2.75) is 79.9 Å². The lowest BCUT2D eigenvalue weighted by atomic mass is 9.93. The first-order chi connectivity index (χ1) is 17.6. The predicted molar refractivity (Wildman–Crippen MR) is 168 cm³/mol. The van der Waals surface area contributed by atoms with Gasteiger partial charge in [0.15, 0.2) is 0 Å². The summed E-state index contributed by atoms with van der Waals surface area (Å²) >= 11 is 4.42. The van der Waals surface area contributed by atoms with Crippen LogP contribution in [-0.4, -0.2) is 59.4 Å². The second-order valence-electron chi connectivity index (χ2n) is 12.2. The summed E-state index contributed by atoms with van der Waals surface area (Å²) in [4.78, 5) is 29.3. The summed E-state index contributed by atoms with van der Waals surface area (Å²) in [7, 11) is 0. The van der Waals surface area contributed by atoms with Crippen molar-refractivity contribution in [2.24, 2.45) is 10.8 Å². The minimum atomic E-state index is -0.161. The second-order valence-corrected chi connectivity index (χ2v) is 14.5. The molecule has 4 rings (SSSR count). The van der Waals surface area contributed by atoms with Crippen molar-refractivity contribution in [1.29, 1.82) is 0 Å². The minimum absolute atomic E-state index is 0.0647. The summed E-state index contributed by atoms with van der Waals surface area (Å²) in [6.07, 6.45) is -0.322. The van der Waals surface area contributed by atoms with Crippen molar-refractivity contribution in [1.82, 2.24) is 9.80 Å². The fraction of sp³-hybridized carbons (Fsp3) is 0.533. The van der Waals surface area contributed by atoms with Gasteiger partial charge in [0.05, 0.1) is 36.4 Å².